The number of amides is 1. The third-order valence-corrected chi connectivity index (χ3v) is 4.99. The van der Waals surface area contributed by atoms with Crippen LogP contribution in [0.25, 0.3) is 0 Å². The Morgan fingerprint density at radius 2 is 2.09 bits per heavy atom. The molecule has 1 aliphatic rings. The number of carbonyl (C=O) groups excluding carboxylic acids is 2. The predicted molar refractivity (Wildman–Crippen MR) is 86.9 cm³/mol. The summed E-state index contributed by atoms with van der Waals surface area (Å²) in [5.41, 5.74) is 1.26. The summed E-state index contributed by atoms with van der Waals surface area (Å²) in [5, 5.41) is 11.9. The second-order valence-corrected chi connectivity index (χ2v) is 6.77. The van der Waals surface area contributed by atoms with E-state index in [1.54, 1.807) is 0 Å². The first-order chi connectivity index (χ1) is 10.8. The van der Waals surface area contributed by atoms with Gasteiger partial charge in [0.05, 0.1) is 12.7 Å². The van der Waals surface area contributed by atoms with Gasteiger partial charge in [-0.2, -0.15) is 0 Å². The van der Waals surface area contributed by atoms with Gasteiger partial charge in [0, 0.05) is 16.5 Å². The summed E-state index contributed by atoms with van der Waals surface area (Å²) >= 11 is 1.36. The SMILES string of the molecule is COC(=O)c1c(NC(=O)/C=C(\C)C(=O)O)sc2c1CC[C@@H](C)C2. The molecule has 0 unspecified atom stereocenters. The summed E-state index contributed by atoms with van der Waals surface area (Å²) in [5.74, 6) is -1.68. The summed E-state index contributed by atoms with van der Waals surface area (Å²) in [6, 6.07) is 0. The maximum atomic E-state index is 12.1. The van der Waals surface area contributed by atoms with Crippen molar-refractivity contribution in [3.63, 3.8) is 0 Å². The van der Waals surface area contributed by atoms with E-state index in [0.717, 1.165) is 35.8 Å². The van der Waals surface area contributed by atoms with Crippen molar-refractivity contribution in [3.05, 3.63) is 27.7 Å². The zero-order valence-electron chi connectivity index (χ0n) is 13.3. The highest BCUT2D eigenvalue weighted by Crippen LogP contribution is 2.40. The zero-order chi connectivity index (χ0) is 17.1. The van der Waals surface area contributed by atoms with Crippen LogP contribution in [0.4, 0.5) is 5.00 Å². The minimum Gasteiger partial charge on any atom is -0.478 e. The number of esters is 1. The van der Waals surface area contributed by atoms with Crippen LogP contribution in [0.2, 0.25) is 0 Å². The van der Waals surface area contributed by atoms with Gasteiger partial charge in [-0.3, -0.25) is 4.79 Å². The molecule has 2 rings (SSSR count). The van der Waals surface area contributed by atoms with Crippen LogP contribution in [-0.2, 0) is 27.2 Å². The van der Waals surface area contributed by atoms with Crippen molar-refractivity contribution in [2.45, 2.75) is 33.1 Å². The average molecular weight is 337 g/mol. The Bertz CT molecular complexity index is 689. The van der Waals surface area contributed by atoms with Crippen molar-refractivity contribution >= 4 is 34.2 Å². The van der Waals surface area contributed by atoms with E-state index >= 15 is 0 Å². The Morgan fingerprint density at radius 1 is 1.39 bits per heavy atom. The number of thiophene rings is 1. The van der Waals surface area contributed by atoms with Crippen LogP contribution in [0.15, 0.2) is 11.6 Å². The molecule has 1 aromatic rings. The lowest BCUT2D eigenvalue weighted by molar-refractivity contribution is -0.132. The van der Waals surface area contributed by atoms with E-state index in [2.05, 4.69) is 12.2 Å². The number of carboxylic acid groups (broad SMARTS) is 1. The minimum absolute atomic E-state index is 0.0722. The summed E-state index contributed by atoms with van der Waals surface area (Å²) < 4.78 is 4.84. The van der Waals surface area contributed by atoms with E-state index in [1.807, 2.05) is 0 Å². The molecule has 6 nitrogen and oxygen atoms in total. The largest absolute Gasteiger partial charge is 0.478 e. The number of rotatable bonds is 4. The molecule has 1 aliphatic carbocycles. The summed E-state index contributed by atoms with van der Waals surface area (Å²) in [6.07, 6.45) is 3.63. The summed E-state index contributed by atoms with van der Waals surface area (Å²) in [4.78, 5) is 35.9. The average Bonchev–Trinajstić information content (AvgIpc) is 2.82. The van der Waals surface area contributed by atoms with E-state index in [1.165, 1.54) is 25.4 Å². The Labute approximate surface area is 138 Å². The van der Waals surface area contributed by atoms with Crippen LogP contribution < -0.4 is 5.32 Å². The third kappa shape index (κ3) is 3.79. The van der Waals surface area contributed by atoms with Crippen molar-refractivity contribution in [2.24, 2.45) is 5.92 Å². The van der Waals surface area contributed by atoms with Gasteiger partial charge in [0.15, 0.2) is 0 Å². The summed E-state index contributed by atoms with van der Waals surface area (Å²) in [6.45, 7) is 3.49. The second-order valence-electron chi connectivity index (χ2n) is 5.67. The Hall–Kier alpha value is -2.15. The van der Waals surface area contributed by atoms with Crippen LogP contribution >= 0.6 is 11.3 Å². The highest BCUT2D eigenvalue weighted by molar-refractivity contribution is 7.17. The van der Waals surface area contributed by atoms with Crippen LogP contribution in [0.3, 0.4) is 0 Å². The van der Waals surface area contributed by atoms with Crippen LogP contribution in [0, 0.1) is 5.92 Å². The number of carbonyl (C=O) groups is 3. The first kappa shape index (κ1) is 17.2. The Kier molecular flexibility index (Phi) is 5.20. The molecule has 1 atom stereocenters. The molecule has 0 bridgehead atoms. The molecule has 23 heavy (non-hydrogen) atoms. The standard InChI is InChI=1S/C16H19NO5S/c1-8-4-5-10-11(6-8)23-14(13(10)16(21)22-3)17-12(18)7-9(2)15(19)20/h7-8H,4-6H2,1-3H3,(H,17,18)(H,19,20)/b9-7+/t8-/m1/s1. The molecule has 0 radical (unpaired) electrons. The van der Waals surface area contributed by atoms with Gasteiger partial charge >= 0.3 is 11.9 Å². The van der Waals surface area contributed by atoms with Gasteiger partial charge in [0.2, 0.25) is 5.91 Å². The molecule has 0 aromatic carbocycles. The third-order valence-electron chi connectivity index (χ3n) is 3.82. The first-order valence-electron chi connectivity index (χ1n) is 7.28. The molecule has 0 saturated carbocycles. The fraction of sp³-hybridized carbons (Fsp3) is 0.438. The van der Waals surface area contributed by atoms with Crippen LogP contribution in [-0.4, -0.2) is 30.1 Å². The quantitative estimate of drug-likeness (QED) is 0.651. The number of ether oxygens (including phenoxy) is 1. The number of aliphatic carboxylic acids is 1. The van der Waals surface area contributed by atoms with Gasteiger partial charge in [-0.25, -0.2) is 9.59 Å². The molecule has 124 valence electrons. The summed E-state index contributed by atoms with van der Waals surface area (Å²) in [7, 11) is 1.30. The highest BCUT2D eigenvalue weighted by Gasteiger charge is 2.28. The predicted octanol–water partition coefficient (Wildman–Crippen LogP) is 2.63. The van der Waals surface area contributed by atoms with E-state index in [9.17, 15) is 14.4 Å². The Morgan fingerprint density at radius 3 is 2.70 bits per heavy atom. The number of methoxy groups -OCH3 is 1. The number of fused-ring (bicyclic) bond motifs is 1. The van der Waals surface area contributed by atoms with Gasteiger partial charge < -0.3 is 15.2 Å². The van der Waals surface area contributed by atoms with Crippen molar-refractivity contribution in [2.75, 3.05) is 12.4 Å². The van der Waals surface area contributed by atoms with E-state index < -0.39 is 17.8 Å². The zero-order valence-corrected chi connectivity index (χ0v) is 14.1. The smallest absolute Gasteiger partial charge is 0.341 e. The Balaban J connectivity index is 2.35. The maximum Gasteiger partial charge on any atom is 0.341 e. The molecule has 2 N–H and O–H groups in total. The molecule has 7 heteroatoms. The van der Waals surface area contributed by atoms with E-state index in [0.29, 0.717) is 16.5 Å². The van der Waals surface area contributed by atoms with Crippen molar-refractivity contribution < 1.29 is 24.2 Å². The molecular weight excluding hydrogens is 318 g/mol. The molecule has 0 fully saturated rings. The van der Waals surface area contributed by atoms with Crippen LogP contribution in [0.1, 0.15) is 41.1 Å². The van der Waals surface area contributed by atoms with E-state index in [4.69, 9.17) is 9.84 Å². The second kappa shape index (κ2) is 6.95. The lowest BCUT2D eigenvalue weighted by Gasteiger charge is -2.18. The highest BCUT2D eigenvalue weighted by atomic mass is 32.1. The number of nitrogens with one attached hydrogen (secondary N) is 1. The van der Waals surface area contributed by atoms with Crippen molar-refractivity contribution in [1.82, 2.24) is 0 Å². The van der Waals surface area contributed by atoms with E-state index in [-0.39, 0.29) is 5.57 Å². The molecule has 1 aromatic heterocycles. The molecule has 0 spiro atoms. The fourth-order valence-corrected chi connectivity index (χ4v) is 3.96. The molecule has 1 amide bonds. The van der Waals surface area contributed by atoms with Gasteiger partial charge in [-0.05, 0) is 37.7 Å². The monoisotopic (exact) mass is 337 g/mol. The number of carboxylic acids is 1. The van der Waals surface area contributed by atoms with Gasteiger partial charge in [-0.1, -0.05) is 6.92 Å². The normalized spacial score (nSPS) is 17.3. The topological polar surface area (TPSA) is 92.7 Å². The van der Waals surface area contributed by atoms with Crippen molar-refractivity contribution in [1.29, 1.82) is 0 Å². The van der Waals surface area contributed by atoms with Gasteiger partial charge in [-0.15, -0.1) is 11.3 Å². The number of hydrogen-bond acceptors (Lipinski definition) is 5. The number of anilines is 1. The van der Waals surface area contributed by atoms with Gasteiger partial charge in [0.25, 0.3) is 0 Å². The number of hydrogen-bond donors (Lipinski definition) is 2. The lowest BCUT2D eigenvalue weighted by atomic mass is 9.88. The molecule has 1 heterocycles. The van der Waals surface area contributed by atoms with Gasteiger partial charge in [0.1, 0.15) is 5.00 Å². The maximum absolute atomic E-state index is 12.1. The minimum atomic E-state index is -1.16. The molecule has 0 aliphatic heterocycles. The van der Waals surface area contributed by atoms with Crippen molar-refractivity contribution in [3.8, 4) is 0 Å². The first-order valence-corrected chi connectivity index (χ1v) is 8.10. The molecule has 0 saturated heterocycles. The fourth-order valence-electron chi connectivity index (χ4n) is 2.56. The molecular formula is C16H19NO5S. The lowest BCUT2D eigenvalue weighted by Crippen LogP contribution is -2.15. The van der Waals surface area contributed by atoms with Crippen LogP contribution in [0.5, 0.6) is 0 Å².